The van der Waals surface area contributed by atoms with Crippen molar-refractivity contribution in [1.82, 2.24) is 0 Å². The van der Waals surface area contributed by atoms with Gasteiger partial charge in [-0.05, 0) is 0 Å². The summed E-state index contributed by atoms with van der Waals surface area (Å²) in [5.74, 6) is 0. The Labute approximate surface area is 236 Å². The molecule has 2 aliphatic rings. The van der Waals surface area contributed by atoms with Gasteiger partial charge in [0.25, 0.3) is 0 Å². The Balaban J connectivity index is 1.74. The zero-order valence-corrected chi connectivity index (χ0v) is 26.7. The molecule has 5 rings (SSSR count). The normalized spacial score (nSPS) is 19.8. The molecule has 1 atom stereocenters. The van der Waals surface area contributed by atoms with Crippen molar-refractivity contribution in [3.05, 3.63) is 130 Å². The molecule has 0 heterocycles. The summed E-state index contributed by atoms with van der Waals surface area (Å²) in [6.07, 6.45) is 8.10. The molecule has 0 N–H and O–H groups in total. The van der Waals surface area contributed by atoms with Crippen molar-refractivity contribution in [2.45, 2.75) is 82.6 Å². The zero-order chi connectivity index (χ0) is 26.6. The Morgan fingerprint density at radius 3 is 1.58 bits per heavy atom. The quantitative estimate of drug-likeness (QED) is 0.219. The van der Waals surface area contributed by atoms with Gasteiger partial charge in [-0.3, -0.25) is 0 Å². The monoisotopic (exact) mass is 554 g/mol. The molecule has 38 heavy (non-hydrogen) atoms. The van der Waals surface area contributed by atoms with Crippen LogP contribution in [0.1, 0.15) is 56.2 Å². The molecule has 2 aliphatic carbocycles. The molecular formula is C36H46SiTi. The van der Waals surface area contributed by atoms with Crippen molar-refractivity contribution in [3.63, 3.8) is 0 Å². The van der Waals surface area contributed by atoms with Crippen molar-refractivity contribution in [2.75, 3.05) is 0 Å². The van der Waals surface area contributed by atoms with E-state index in [1.165, 1.54) is 51.9 Å². The van der Waals surface area contributed by atoms with Crippen LogP contribution in [0.2, 0.25) is 28.9 Å². The SMILES string of the molecule is CC[Si](C)(C)CC1=CC2=C(CCCC2)[C]1(C)[Ti]([CH2]c1ccccc1)([CH2]c1ccccc1)[CH2]c1ccccc1. The fourth-order valence-electron chi connectivity index (χ4n) is 7.41. The molecule has 198 valence electrons. The molecule has 0 spiro atoms. The Morgan fingerprint density at radius 2 is 1.13 bits per heavy atom. The summed E-state index contributed by atoms with van der Waals surface area (Å²) in [6, 6.07) is 37.4. The molecule has 0 nitrogen and oxygen atoms in total. The first-order chi connectivity index (χ1) is 18.4. The van der Waals surface area contributed by atoms with Crippen LogP contribution >= 0.6 is 0 Å². The topological polar surface area (TPSA) is 0 Å². The third-order valence-corrected chi connectivity index (χ3v) is 22.6. The number of allylic oxidation sites excluding steroid dienone is 4. The van der Waals surface area contributed by atoms with E-state index >= 15 is 0 Å². The summed E-state index contributed by atoms with van der Waals surface area (Å²) >= 11 is -2.85. The van der Waals surface area contributed by atoms with Crippen LogP contribution in [0.15, 0.2) is 114 Å². The van der Waals surface area contributed by atoms with E-state index in [1.807, 2.05) is 11.1 Å². The van der Waals surface area contributed by atoms with Gasteiger partial charge in [0.1, 0.15) is 0 Å². The van der Waals surface area contributed by atoms with Gasteiger partial charge in [0.05, 0.1) is 0 Å². The molecule has 0 saturated carbocycles. The van der Waals surface area contributed by atoms with Gasteiger partial charge < -0.3 is 0 Å². The number of rotatable bonds is 10. The molecule has 0 fully saturated rings. The van der Waals surface area contributed by atoms with Crippen molar-refractivity contribution in [1.29, 1.82) is 0 Å². The van der Waals surface area contributed by atoms with Gasteiger partial charge in [0, 0.05) is 0 Å². The molecule has 0 saturated heterocycles. The third-order valence-electron chi connectivity index (χ3n) is 9.95. The minimum absolute atomic E-state index is 0.247. The van der Waals surface area contributed by atoms with E-state index in [0.717, 1.165) is 0 Å². The van der Waals surface area contributed by atoms with Crippen LogP contribution in [0, 0.1) is 0 Å². The van der Waals surface area contributed by atoms with E-state index in [9.17, 15) is 0 Å². The van der Waals surface area contributed by atoms with Gasteiger partial charge in [0.2, 0.25) is 0 Å². The summed E-state index contributed by atoms with van der Waals surface area (Å²) in [6.45, 7) is 10.5. The van der Waals surface area contributed by atoms with Gasteiger partial charge in [-0.15, -0.1) is 0 Å². The summed E-state index contributed by atoms with van der Waals surface area (Å²) in [5, 5.41) is 0. The maximum atomic E-state index is 2.77. The second kappa shape index (κ2) is 11.7. The fraction of sp³-hybridized carbons (Fsp3) is 0.389. The predicted molar refractivity (Wildman–Crippen MR) is 165 cm³/mol. The summed E-state index contributed by atoms with van der Waals surface area (Å²) in [4.78, 5) is 0. The molecule has 0 radical (unpaired) electrons. The van der Waals surface area contributed by atoms with E-state index in [2.05, 4.69) is 124 Å². The third kappa shape index (κ3) is 5.67. The molecule has 0 aliphatic heterocycles. The Morgan fingerprint density at radius 1 is 0.684 bits per heavy atom. The molecular weight excluding hydrogens is 508 g/mol. The molecule has 0 aromatic heterocycles. The van der Waals surface area contributed by atoms with E-state index in [4.69, 9.17) is 0 Å². The zero-order valence-electron chi connectivity index (χ0n) is 24.1. The van der Waals surface area contributed by atoms with Gasteiger partial charge in [-0.25, -0.2) is 0 Å². The van der Waals surface area contributed by atoms with E-state index in [-0.39, 0.29) is 3.72 Å². The predicted octanol–water partition coefficient (Wildman–Crippen LogP) is 10.5. The molecule has 0 amide bonds. The summed E-state index contributed by atoms with van der Waals surface area (Å²) in [7, 11) is -1.32. The van der Waals surface area contributed by atoms with Crippen LogP contribution in [-0.4, -0.2) is 8.07 Å². The van der Waals surface area contributed by atoms with Crippen LogP contribution in [0.5, 0.6) is 0 Å². The van der Waals surface area contributed by atoms with Crippen LogP contribution in [-0.2, 0) is 30.8 Å². The first-order valence-electron chi connectivity index (χ1n) is 14.9. The van der Waals surface area contributed by atoms with Gasteiger partial charge >= 0.3 is 238 Å². The van der Waals surface area contributed by atoms with E-state index in [1.54, 1.807) is 22.3 Å². The summed E-state index contributed by atoms with van der Waals surface area (Å²) in [5.41, 5.74) is 10.1. The number of benzene rings is 3. The fourth-order valence-corrected chi connectivity index (χ4v) is 19.2. The standard InChI is InChI=1S/C15H25Si.3C7H7.Ti/c1-5-16(3,4)11-14-10-13-8-6-7-9-15(13)12(14)2;3*1-7-5-3-2-4-6-7;/h10H,5-9,11H2,1-4H3;3*2-6H,1H2;. The maximum absolute atomic E-state index is 2.85. The van der Waals surface area contributed by atoms with Gasteiger partial charge in [0.15, 0.2) is 0 Å². The Hall–Kier alpha value is -1.93. The molecule has 1 unspecified atom stereocenters. The van der Waals surface area contributed by atoms with Crippen molar-refractivity contribution < 1.29 is 16.6 Å². The first-order valence-corrected chi connectivity index (χ1v) is 22.4. The molecule has 0 bridgehead atoms. The second-order valence-corrected chi connectivity index (χ2v) is 25.6. The van der Waals surface area contributed by atoms with E-state index in [0.29, 0.717) is 0 Å². The minimum atomic E-state index is -2.85. The Kier molecular flexibility index (Phi) is 8.48. The summed E-state index contributed by atoms with van der Waals surface area (Å²) < 4.78 is 4.09. The average Bonchev–Trinajstić information content (AvgIpc) is 3.22. The molecule has 3 aromatic carbocycles. The van der Waals surface area contributed by atoms with Gasteiger partial charge in [-0.1, -0.05) is 0 Å². The second-order valence-electron chi connectivity index (χ2n) is 13.0. The Bertz CT molecular complexity index is 1170. The van der Waals surface area contributed by atoms with Crippen molar-refractivity contribution in [2.24, 2.45) is 0 Å². The first kappa shape index (κ1) is 27.6. The number of hydrogen-bond acceptors (Lipinski definition) is 0. The van der Waals surface area contributed by atoms with Crippen LogP contribution in [0.4, 0.5) is 0 Å². The van der Waals surface area contributed by atoms with Gasteiger partial charge in [-0.2, -0.15) is 0 Å². The van der Waals surface area contributed by atoms with Crippen LogP contribution in [0.3, 0.4) is 0 Å². The number of hydrogen-bond donors (Lipinski definition) is 0. The van der Waals surface area contributed by atoms with E-state index < -0.39 is 24.7 Å². The molecule has 3 aromatic rings. The van der Waals surface area contributed by atoms with Crippen LogP contribution in [0.25, 0.3) is 0 Å². The van der Waals surface area contributed by atoms with Crippen molar-refractivity contribution in [3.8, 4) is 0 Å². The van der Waals surface area contributed by atoms with Crippen molar-refractivity contribution >= 4 is 8.07 Å². The average molecular weight is 555 g/mol. The van der Waals surface area contributed by atoms with Crippen LogP contribution < -0.4 is 0 Å². The molecule has 2 heteroatoms.